The lowest BCUT2D eigenvalue weighted by molar-refractivity contribution is -0.123. The van der Waals surface area contributed by atoms with E-state index in [-0.39, 0.29) is 12.5 Å². The zero-order valence-electron chi connectivity index (χ0n) is 13.9. The van der Waals surface area contributed by atoms with Gasteiger partial charge in [0.25, 0.3) is 5.91 Å². The number of rotatable bonds is 5. The number of amides is 1. The van der Waals surface area contributed by atoms with Gasteiger partial charge in [-0.2, -0.15) is 5.10 Å². The van der Waals surface area contributed by atoms with Gasteiger partial charge in [-0.15, -0.1) is 0 Å². The van der Waals surface area contributed by atoms with Gasteiger partial charge in [0, 0.05) is 37.7 Å². The Morgan fingerprint density at radius 1 is 1.39 bits per heavy atom. The summed E-state index contributed by atoms with van der Waals surface area (Å²) in [6.45, 7) is 8.35. The fourth-order valence-corrected chi connectivity index (χ4v) is 3.06. The van der Waals surface area contributed by atoms with E-state index in [1.165, 1.54) is 0 Å². The van der Waals surface area contributed by atoms with Crippen LogP contribution in [0.15, 0.2) is 27.8 Å². The number of benzene rings is 1. The van der Waals surface area contributed by atoms with Crippen molar-refractivity contribution in [3.05, 3.63) is 28.2 Å². The van der Waals surface area contributed by atoms with Crippen molar-refractivity contribution in [1.82, 2.24) is 10.3 Å². The molecule has 1 amide bonds. The Morgan fingerprint density at radius 3 is 2.70 bits per heavy atom. The average molecular weight is 382 g/mol. The highest BCUT2D eigenvalue weighted by atomic mass is 79.9. The minimum atomic E-state index is -0.240. The van der Waals surface area contributed by atoms with Crippen molar-refractivity contribution in [2.45, 2.75) is 39.7 Å². The van der Waals surface area contributed by atoms with E-state index in [9.17, 15) is 4.79 Å². The summed E-state index contributed by atoms with van der Waals surface area (Å²) in [6.07, 6.45) is 1.81. The van der Waals surface area contributed by atoms with E-state index < -0.39 is 0 Å². The molecule has 0 atom stereocenters. The molecule has 0 spiro atoms. The van der Waals surface area contributed by atoms with Crippen LogP contribution in [0.5, 0.6) is 5.75 Å². The van der Waals surface area contributed by atoms with Gasteiger partial charge in [0.2, 0.25) is 0 Å². The second-order valence-electron chi connectivity index (χ2n) is 6.07. The first kappa shape index (κ1) is 17.9. The molecule has 23 heavy (non-hydrogen) atoms. The van der Waals surface area contributed by atoms with Crippen LogP contribution in [0, 0.1) is 6.92 Å². The first-order valence-corrected chi connectivity index (χ1v) is 8.72. The summed E-state index contributed by atoms with van der Waals surface area (Å²) in [6, 6.07) is 6.31. The number of carbonyl (C=O) groups is 1. The molecule has 1 aliphatic heterocycles. The van der Waals surface area contributed by atoms with Gasteiger partial charge in [-0.3, -0.25) is 4.79 Å². The van der Waals surface area contributed by atoms with E-state index in [1.54, 1.807) is 0 Å². The van der Waals surface area contributed by atoms with E-state index in [2.05, 4.69) is 45.2 Å². The van der Waals surface area contributed by atoms with Crippen molar-refractivity contribution in [2.75, 3.05) is 19.7 Å². The predicted molar refractivity (Wildman–Crippen MR) is 95.9 cm³/mol. The lowest BCUT2D eigenvalue weighted by Gasteiger charge is -2.30. The van der Waals surface area contributed by atoms with Crippen LogP contribution in [0.3, 0.4) is 0 Å². The molecule has 0 unspecified atom stereocenters. The number of nitrogens with one attached hydrogen (secondary N) is 1. The molecule has 1 aromatic rings. The topological polar surface area (TPSA) is 53.9 Å². The number of hydrogen-bond donors (Lipinski definition) is 1. The molecule has 1 fully saturated rings. The number of hydrazone groups is 1. The summed E-state index contributed by atoms with van der Waals surface area (Å²) in [5.74, 6) is 0.417. The molecule has 0 radical (unpaired) electrons. The third-order valence-corrected chi connectivity index (χ3v) is 4.51. The molecule has 2 rings (SSSR count). The number of ether oxygens (including phenoxy) is 1. The van der Waals surface area contributed by atoms with Crippen LogP contribution in [0.1, 0.15) is 32.3 Å². The molecule has 5 nitrogen and oxygen atoms in total. The third kappa shape index (κ3) is 5.62. The van der Waals surface area contributed by atoms with Crippen molar-refractivity contribution in [2.24, 2.45) is 5.10 Å². The van der Waals surface area contributed by atoms with Crippen molar-refractivity contribution in [3.8, 4) is 5.75 Å². The number of nitrogens with zero attached hydrogens (tertiary/aromatic N) is 2. The number of aryl methyl sites for hydroxylation is 1. The van der Waals surface area contributed by atoms with Gasteiger partial charge in [-0.25, -0.2) is 5.43 Å². The number of carbonyl (C=O) groups excluding carboxylic acids is 1. The Morgan fingerprint density at radius 2 is 2.09 bits per heavy atom. The van der Waals surface area contributed by atoms with Gasteiger partial charge in [0.1, 0.15) is 5.75 Å². The van der Waals surface area contributed by atoms with Gasteiger partial charge in [-0.05, 0) is 54.4 Å². The molecule has 1 aliphatic rings. The molecule has 126 valence electrons. The minimum Gasteiger partial charge on any atom is -0.483 e. The lowest BCUT2D eigenvalue weighted by atomic mass is 10.1. The number of halogens is 1. The van der Waals surface area contributed by atoms with Crippen molar-refractivity contribution >= 4 is 27.5 Å². The largest absolute Gasteiger partial charge is 0.483 e. The molecule has 0 bridgehead atoms. The third-order valence-electron chi connectivity index (χ3n) is 3.89. The summed E-state index contributed by atoms with van der Waals surface area (Å²) < 4.78 is 6.35. The molecule has 0 aliphatic carbocycles. The summed E-state index contributed by atoms with van der Waals surface area (Å²) >= 11 is 3.43. The van der Waals surface area contributed by atoms with Crippen LogP contribution < -0.4 is 10.2 Å². The molecular formula is C17H24BrN3O2. The molecule has 1 heterocycles. The van der Waals surface area contributed by atoms with E-state index in [0.717, 1.165) is 41.7 Å². The van der Waals surface area contributed by atoms with Crippen molar-refractivity contribution < 1.29 is 9.53 Å². The van der Waals surface area contributed by atoms with Gasteiger partial charge in [0.15, 0.2) is 6.61 Å². The summed E-state index contributed by atoms with van der Waals surface area (Å²) in [4.78, 5) is 14.3. The van der Waals surface area contributed by atoms with E-state index in [4.69, 9.17) is 4.74 Å². The van der Waals surface area contributed by atoms with Gasteiger partial charge < -0.3 is 9.64 Å². The SMILES string of the molecule is Cc1ccc(OCC(=O)NN=C2CCN(C(C)C)CC2)c(Br)c1. The first-order chi connectivity index (χ1) is 11.0. The van der Waals surface area contributed by atoms with Crippen LogP contribution in [-0.2, 0) is 4.79 Å². The van der Waals surface area contributed by atoms with Crippen LogP contribution >= 0.6 is 15.9 Å². The van der Waals surface area contributed by atoms with Crippen LogP contribution in [0.25, 0.3) is 0 Å². The molecule has 0 saturated carbocycles. The van der Waals surface area contributed by atoms with E-state index >= 15 is 0 Å². The van der Waals surface area contributed by atoms with Gasteiger partial charge in [0.05, 0.1) is 4.47 Å². The maximum absolute atomic E-state index is 11.8. The van der Waals surface area contributed by atoms with Gasteiger partial charge >= 0.3 is 0 Å². The molecule has 6 heteroatoms. The number of piperidine rings is 1. The predicted octanol–water partition coefficient (Wildman–Crippen LogP) is 3.11. The monoisotopic (exact) mass is 381 g/mol. The summed E-state index contributed by atoms with van der Waals surface area (Å²) in [5.41, 5.74) is 4.77. The molecule has 1 saturated heterocycles. The van der Waals surface area contributed by atoms with Crippen molar-refractivity contribution in [3.63, 3.8) is 0 Å². The fraction of sp³-hybridized carbons (Fsp3) is 0.529. The number of likely N-dealkylation sites (tertiary alicyclic amines) is 1. The Kier molecular flexibility index (Phi) is 6.59. The fourth-order valence-electron chi connectivity index (χ4n) is 2.45. The zero-order valence-corrected chi connectivity index (χ0v) is 15.5. The van der Waals surface area contributed by atoms with E-state index in [1.807, 2.05) is 25.1 Å². The minimum absolute atomic E-state index is 0.0451. The van der Waals surface area contributed by atoms with Crippen molar-refractivity contribution in [1.29, 1.82) is 0 Å². The Hall–Kier alpha value is -1.40. The van der Waals surface area contributed by atoms with Crippen LogP contribution in [0.2, 0.25) is 0 Å². The standard InChI is InChI=1S/C17H24BrN3O2/c1-12(2)21-8-6-14(7-9-21)19-20-17(22)11-23-16-5-4-13(3)10-15(16)18/h4-5,10,12H,6-9,11H2,1-3H3,(H,20,22). The van der Waals surface area contributed by atoms with Gasteiger partial charge in [-0.1, -0.05) is 6.07 Å². The Bertz CT molecular complexity index is 577. The smallest absolute Gasteiger partial charge is 0.277 e. The molecular weight excluding hydrogens is 358 g/mol. The average Bonchev–Trinajstić information content (AvgIpc) is 2.52. The summed E-state index contributed by atoms with van der Waals surface area (Å²) in [5, 5.41) is 4.22. The lowest BCUT2D eigenvalue weighted by Crippen LogP contribution is -2.39. The van der Waals surface area contributed by atoms with E-state index in [0.29, 0.717) is 11.8 Å². The Balaban J connectivity index is 1.76. The maximum Gasteiger partial charge on any atom is 0.277 e. The quantitative estimate of drug-likeness (QED) is 0.797. The highest BCUT2D eigenvalue weighted by Gasteiger charge is 2.17. The normalized spacial score (nSPS) is 15.6. The highest BCUT2D eigenvalue weighted by molar-refractivity contribution is 9.10. The summed E-state index contributed by atoms with van der Waals surface area (Å²) in [7, 11) is 0. The second-order valence-corrected chi connectivity index (χ2v) is 6.92. The highest BCUT2D eigenvalue weighted by Crippen LogP contribution is 2.25. The maximum atomic E-state index is 11.8. The van der Waals surface area contributed by atoms with Crippen LogP contribution in [0.4, 0.5) is 0 Å². The zero-order chi connectivity index (χ0) is 16.8. The Labute approximate surface area is 146 Å². The number of hydrogen-bond acceptors (Lipinski definition) is 4. The molecule has 0 aromatic heterocycles. The molecule has 1 aromatic carbocycles. The first-order valence-electron chi connectivity index (χ1n) is 7.93. The van der Waals surface area contributed by atoms with Crippen LogP contribution in [-0.4, -0.2) is 42.3 Å². The second kappa shape index (κ2) is 8.45. The molecule has 1 N–H and O–H groups in total.